The van der Waals surface area contributed by atoms with Crippen LogP contribution in [-0.4, -0.2) is 4.57 Å². The summed E-state index contributed by atoms with van der Waals surface area (Å²) >= 11 is 0. The van der Waals surface area contributed by atoms with Gasteiger partial charge in [-0.25, -0.2) is 0 Å². The molecule has 1 aromatic heterocycles. The number of anilines is 3. The van der Waals surface area contributed by atoms with Gasteiger partial charge >= 0.3 is 0 Å². The van der Waals surface area contributed by atoms with E-state index in [1.54, 1.807) is 0 Å². The van der Waals surface area contributed by atoms with E-state index < -0.39 is 5.41 Å². The predicted molar refractivity (Wildman–Crippen MR) is 238 cm³/mol. The van der Waals surface area contributed by atoms with Crippen LogP contribution in [0.25, 0.3) is 44.9 Å². The zero-order chi connectivity index (χ0) is 37.8. The smallest absolute Gasteiger partial charge is 0.0715 e. The largest absolute Gasteiger partial charge is 0.310 e. The van der Waals surface area contributed by atoms with Crippen LogP contribution in [0, 0.1) is 0 Å². The molecule has 270 valence electrons. The number of aryl methyl sites for hydroxylation is 1. The lowest BCUT2D eigenvalue weighted by molar-refractivity contribution is 0.768. The fraction of sp³-hybridized carbons (Fsp3) is 0.0545. The van der Waals surface area contributed by atoms with Crippen molar-refractivity contribution in [2.45, 2.75) is 18.3 Å². The number of aromatic nitrogens is 1. The van der Waals surface area contributed by atoms with Crippen molar-refractivity contribution in [3.63, 3.8) is 0 Å². The standard InChI is InChI=1S/C55H40N2/c1-5-18-39(19-6-1)40-32-34-44(35-33-40)56(43-24-11-4-12-25-43)45-36-37-48-50(38-45)55(41-20-7-2-8-21-41,42-22-9-3-10-23-42)49-28-17-31-53(54(48)49)57-51-29-15-13-26-46(51)47-27-14-16-30-52(47)57/h1-13,15-26,28-38H,14,27H2. The van der Waals surface area contributed by atoms with Crippen LogP contribution < -0.4 is 4.90 Å². The first kappa shape index (κ1) is 33.2. The Hall–Kier alpha value is -7.16. The first-order valence-electron chi connectivity index (χ1n) is 20.0. The summed E-state index contributed by atoms with van der Waals surface area (Å²) < 4.78 is 2.54. The highest BCUT2D eigenvalue weighted by atomic mass is 15.1. The molecule has 1 heterocycles. The number of hydrogen-bond acceptors (Lipinski definition) is 1. The molecule has 11 rings (SSSR count). The van der Waals surface area contributed by atoms with Gasteiger partial charge in [0, 0.05) is 33.7 Å². The van der Waals surface area contributed by atoms with E-state index in [1.807, 2.05) is 0 Å². The maximum absolute atomic E-state index is 2.54. The van der Waals surface area contributed by atoms with E-state index in [2.05, 4.69) is 228 Å². The molecule has 57 heavy (non-hydrogen) atoms. The van der Waals surface area contributed by atoms with Gasteiger partial charge < -0.3 is 9.47 Å². The Bertz CT molecular complexity index is 2880. The Kier molecular flexibility index (Phi) is 7.89. The highest BCUT2D eigenvalue weighted by molar-refractivity contribution is 5.97. The molecule has 0 saturated carbocycles. The molecule has 2 heteroatoms. The lowest BCUT2D eigenvalue weighted by Crippen LogP contribution is -2.28. The number of fused-ring (bicyclic) bond motifs is 6. The van der Waals surface area contributed by atoms with Gasteiger partial charge in [-0.15, -0.1) is 0 Å². The van der Waals surface area contributed by atoms with Crippen molar-refractivity contribution >= 4 is 34.0 Å². The molecule has 8 aromatic carbocycles. The highest BCUT2D eigenvalue weighted by Crippen LogP contribution is 2.59. The minimum atomic E-state index is -0.572. The monoisotopic (exact) mass is 728 g/mol. The second-order valence-electron chi connectivity index (χ2n) is 15.2. The van der Waals surface area contributed by atoms with Gasteiger partial charge in [-0.05, 0) is 112 Å². The molecule has 0 fully saturated rings. The molecule has 0 bridgehead atoms. The third kappa shape index (κ3) is 5.18. The number of para-hydroxylation sites is 2. The van der Waals surface area contributed by atoms with Crippen molar-refractivity contribution in [2.75, 3.05) is 4.90 Å². The molecule has 0 radical (unpaired) electrons. The molecule has 0 unspecified atom stereocenters. The third-order valence-electron chi connectivity index (χ3n) is 12.1. The summed E-state index contributed by atoms with van der Waals surface area (Å²) in [7, 11) is 0. The maximum Gasteiger partial charge on any atom is 0.0715 e. The SMILES string of the molecule is C1=Cc2c(c3ccccc3n2-c2cccc3c2-c2ccc(N(c4ccccc4)c4ccc(-c5ccccc5)cc4)cc2C3(c2ccccc2)c2ccccc2)CC1. The normalized spacial score (nSPS) is 13.5. The topological polar surface area (TPSA) is 8.17 Å². The minimum absolute atomic E-state index is 0.572. The Labute approximate surface area is 334 Å². The first-order valence-corrected chi connectivity index (χ1v) is 20.0. The van der Waals surface area contributed by atoms with Crippen LogP contribution >= 0.6 is 0 Å². The zero-order valence-corrected chi connectivity index (χ0v) is 31.6. The van der Waals surface area contributed by atoms with E-state index in [-0.39, 0.29) is 0 Å². The van der Waals surface area contributed by atoms with Gasteiger partial charge in [-0.1, -0.05) is 164 Å². The number of allylic oxidation sites excluding steroid dienone is 1. The molecular formula is C55H40N2. The summed E-state index contributed by atoms with van der Waals surface area (Å²) in [6.45, 7) is 0. The Morgan fingerprint density at radius 2 is 1.07 bits per heavy atom. The summed E-state index contributed by atoms with van der Waals surface area (Å²) in [4.78, 5) is 2.40. The molecule has 0 amide bonds. The average Bonchev–Trinajstić information content (AvgIpc) is 3.79. The van der Waals surface area contributed by atoms with E-state index in [0.717, 1.165) is 29.9 Å². The predicted octanol–water partition coefficient (Wildman–Crippen LogP) is 14.1. The van der Waals surface area contributed by atoms with Crippen LogP contribution in [0.2, 0.25) is 0 Å². The van der Waals surface area contributed by atoms with Crippen molar-refractivity contribution in [3.05, 3.63) is 246 Å². The highest BCUT2D eigenvalue weighted by Gasteiger charge is 2.47. The molecule has 2 nitrogen and oxygen atoms in total. The van der Waals surface area contributed by atoms with Crippen LogP contribution in [-0.2, 0) is 11.8 Å². The average molecular weight is 729 g/mol. The zero-order valence-electron chi connectivity index (χ0n) is 31.6. The van der Waals surface area contributed by atoms with Crippen LogP contribution in [0.3, 0.4) is 0 Å². The lowest BCUT2D eigenvalue weighted by atomic mass is 9.67. The van der Waals surface area contributed by atoms with Crippen LogP contribution in [0.4, 0.5) is 17.1 Å². The van der Waals surface area contributed by atoms with Crippen molar-refractivity contribution in [3.8, 4) is 27.9 Å². The second kappa shape index (κ2) is 13.5. The number of nitrogens with zero attached hydrogens (tertiary/aromatic N) is 2. The van der Waals surface area contributed by atoms with Gasteiger partial charge in [0.25, 0.3) is 0 Å². The van der Waals surface area contributed by atoms with Gasteiger partial charge in [-0.2, -0.15) is 0 Å². The summed E-state index contributed by atoms with van der Waals surface area (Å²) in [5.74, 6) is 0. The molecule has 0 aliphatic heterocycles. The molecule has 2 aliphatic carbocycles. The summed E-state index contributed by atoms with van der Waals surface area (Å²) in [6, 6.07) is 75.8. The number of rotatable bonds is 7. The summed E-state index contributed by atoms with van der Waals surface area (Å²) in [6.07, 6.45) is 6.80. The Morgan fingerprint density at radius 3 is 1.79 bits per heavy atom. The number of benzene rings is 8. The van der Waals surface area contributed by atoms with Crippen molar-refractivity contribution < 1.29 is 0 Å². The van der Waals surface area contributed by atoms with Crippen LogP contribution in [0.1, 0.15) is 39.9 Å². The van der Waals surface area contributed by atoms with Crippen molar-refractivity contribution in [2.24, 2.45) is 0 Å². The quantitative estimate of drug-likeness (QED) is 0.159. The van der Waals surface area contributed by atoms with Gasteiger partial charge in [0.2, 0.25) is 0 Å². The molecule has 9 aromatic rings. The fourth-order valence-corrected chi connectivity index (χ4v) is 9.74. The second-order valence-corrected chi connectivity index (χ2v) is 15.2. The lowest BCUT2D eigenvalue weighted by Gasteiger charge is -2.35. The van der Waals surface area contributed by atoms with E-state index >= 15 is 0 Å². The van der Waals surface area contributed by atoms with Crippen LogP contribution in [0.15, 0.2) is 212 Å². The van der Waals surface area contributed by atoms with Crippen LogP contribution in [0.5, 0.6) is 0 Å². The summed E-state index contributed by atoms with van der Waals surface area (Å²) in [5.41, 5.74) is 18.0. The van der Waals surface area contributed by atoms with Gasteiger partial charge in [-0.3, -0.25) is 0 Å². The first-order chi connectivity index (χ1) is 28.3. The maximum atomic E-state index is 2.54. The van der Waals surface area contributed by atoms with Gasteiger partial charge in [0.1, 0.15) is 0 Å². The van der Waals surface area contributed by atoms with Crippen molar-refractivity contribution in [1.29, 1.82) is 0 Å². The van der Waals surface area contributed by atoms with E-state index in [4.69, 9.17) is 0 Å². The number of hydrogen-bond donors (Lipinski definition) is 0. The van der Waals surface area contributed by atoms with Gasteiger partial charge in [0.15, 0.2) is 0 Å². The van der Waals surface area contributed by atoms with E-state index in [1.165, 1.54) is 72.4 Å². The minimum Gasteiger partial charge on any atom is -0.310 e. The Morgan fingerprint density at radius 1 is 0.474 bits per heavy atom. The fourth-order valence-electron chi connectivity index (χ4n) is 9.74. The van der Waals surface area contributed by atoms with E-state index in [0.29, 0.717) is 0 Å². The van der Waals surface area contributed by atoms with E-state index in [9.17, 15) is 0 Å². The molecule has 0 atom stereocenters. The molecule has 2 aliphatic rings. The molecule has 0 saturated heterocycles. The van der Waals surface area contributed by atoms with Gasteiger partial charge in [0.05, 0.1) is 16.6 Å². The molecular weight excluding hydrogens is 689 g/mol. The summed E-state index contributed by atoms with van der Waals surface area (Å²) in [5, 5.41) is 1.34. The van der Waals surface area contributed by atoms with Crippen molar-refractivity contribution in [1.82, 2.24) is 4.57 Å². The molecule has 0 spiro atoms. The third-order valence-corrected chi connectivity index (χ3v) is 12.1. The molecule has 0 N–H and O–H groups in total. The Balaban J connectivity index is 1.20.